The Kier molecular flexibility index (Phi) is 4.23. The Morgan fingerprint density at radius 1 is 1.14 bits per heavy atom. The SMILES string of the molecule is Cc1ccc(Cl)c2c1cc(C)n2CCNc1cc(Cl)ncn1. The summed E-state index contributed by atoms with van der Waals surface area (Å²) >= 11 is 12.2. The average molecular weight is 335 g/mol. The van der Waals surface area contributed by atoms with Crippen LogP contribution in [0.15, 0.2) is 30.6 Å². The van der Waals surface area contributed by atoms with E-state index in [0.717, 1.165) is 29.4 Å². The standard InChI is InChI=1S/C16H16Cl2N4/c1-10-3-4-13(17)16-12(10)7-11(2)22(16)6-5-19-15-8-14(18)20-9-21-15/h3-4,7-9H,5-6H2,1-2H3,(H,19,20,21). The van der Waals surface area contributed by atoms with Crippen molar-refractivity contribution in [2.75, 3.05) is 11.9 Å². The minimum Gasteiger partial charge on any atom is -0.368 e. The molecule has 1 N–H and O–H groups in total. The third-order valence-electron chi connectivity index (χ3n) is 3.71. The lowest BCUT2D eigenvalue weighted by atomic mass is 10.1. The Morgan fingerprint density at radius 2 is 1.95 bits per heavy atom. The fraction of sp³-hybridized carbons (Fsp3) is 0.250. The minimum absolute atomic E-state index is 0.429. The van der Waals surface area contributed by atoms with E-state index in [1.165, 1.54) is 23.0 Å². The number of hydrogen-bond acceptors (Lipinski definition) is 3. The van der Waals surface area contributed by atoms with Gasteiger partial charge in [-0.25, -0.2) is 9.97 Å². The number of hydrogen-bond donors (Lipinski definition) is 1. The molecule has 114 valence electrons. The zero-order chi connectivity index (χ0) is 15.7. The maximum Gasteiger partial charge on any atom is 0.134 e. The van der Waals surface area contributed by atoms with Gasteiger partial charge in [0, 0.05) is 30.2 Å². The molecule has 0 aliphatic rings. The minimum atomic E-state index is 0.429. The van der Waals surface area contributed by atoms with Gasteiger partial charge in [-0.15, -0.1) is 0 Å². The number of benzene rings is 1. The van der Waals surface area contributed by atoms with E-state index in [2.05, 4.69) is 45.8 Å². The van der Waals surface area contributed by atoms with Crippen LogP contribution >= 0.6 is 23.2 Å². The van der Waals surface area contributed by atoms with Crippen LogP contribution in [0.25, 0.3) is 10.9 Å². The lowest BCUT2D eigenvalue weighted by Crippen LogP contribution is -2.12. The second-order valence-corrected chi connectivity index (χ2v) is 6.01. The molecule has 22 heavy (non-hydrogen) atoms. The van der Waals surface area contributed by atoms with Gasteiger partial charge < -0.3 is 9.88 Å². The van der Waals surface area contributed by atoms with Crippen LogP contribution in [0.5, 0.6) is 0 Å². The number of fused-ring (bicyclic) bond motifs is 1. The van der Waals surface area contributed by atoms with E-state index in [1.54, 1.807) is 6.07 Å². The first kappa shape index (κ1) is 15.1. The molecule has 0 saturated heterocycles. The summed E-state index contributed by atoms with van der Waals surface area (Å²) in [7, 11) is 0. The average Bonchev–Trinajstić information content (AvgIpc) is 2.82. The molecular formula is C16H16Cl2N4. The van der Waals surface area contributed by atoms with Gasteiger partial charge in [0.1, 0.15) is 17.3 Å². The zero-order valence-corrected chi connectivity index (χ0v) is 13.9. The number of nitrogens with one attached hydrogen (secondary N) is 1. The monoisotopic (exact) mass is 334 g/mol. The molecule has 3 aromatic rings. The maximum atomic E-state index is 6.38. The molecule has 0 amide bonds. The van der Waals surface area contributed by atoms with Gasteiger partial charge in [-0.1, -0.05) is 29.3 Å². The third kappa shape index (κ3) is 2.89. The van der Waals surface area contributed by atoms with Gasteiger partial charge in [-0.2, -0.15) is 0 Å². The van der Waals surface area contributed by atoms with Gasteiger partial charge in [0.25, 0.3) is 0 Å². The van der Waals surface area contributed by atoms with Gasteiger partial charge in [0.15, 0.2) is 0 Å². The fourth-order valence-corrected chi connectivity index (χ4v) is 3.03. The first-order valence-electron chi connectivity index (χ1n) is 7.02. The van der Waals surface area contributed by atoms with Crippen LogP contribution in [0.3, 0.4) is 0 Å². The number of halogens is 2. The van der Waals surface area contributed by atoms with Crippen LogP contribution in [0, 0.1) is 13.8 Å². The summed E-state index contributed by atoms with van der Waals surface area (Å²) < 4.78 is 2.22. The van der Waals surface area contributed by atoms with Crippen molar-refractivity contribution in [3.8, 4) is 0 Å². The van der Waals surface area contributed by atoms with E-state index >= 15 is 0 Å². The molecule has 0 fully saturated rings. The maximum absolute atomic E-state index is 6.38. The Balaban J connectivity index is 1.82. The smallest absolute Gasteiger partial charge is 0.134 e. The first-order valence-corrected chi connectivity index (χ1v) is 7.78. The topological polar surface area (TPSA) is 42.7 Å². The van der Waals surface area contributed by atoms with Crippen LogP contribution in [0.4, 0.5) is 5.82 Å². The third-order valence-corrected chi connectivity index (χ3v) is 4.22. The predicted molar refractivity (Wildman–Crippen MR) is 92.0 cm³/mol. The molecule has 2 aromatic heterocycles. The van der Waals surface area contributed by atoms with Gasteiger partial charge in [-0.05, 0) is 31.5 Å². The van der Waals surface area contributed by atoms with E-state index in [1.807, 2.05) is 6.07 Å². The molecule has 1 aromatic carbocycles. The van der Waals surface area contributed by atoms with E-state index in [4.69, 9.17) is 23.2 Å². The number of rotatable bonds is 4. The van der Waals surface area contributed by atoms with Crippen LogP contribution in [-0.2, 0) is 6.54 Å². The number of anilines is 1. The van der Waals surface area contributed by atoms with Crippen molar-refractivity contribution in [3.63, 3.8) is 0 Å². The number of aromatic nitrogens is 3. The molecule has 6 heteroatoms. The van der Waals surface area contributed by atoms with E-state index in [9.17, 15) is 0 Å². The van der Waals surface area contributed by atoms with Gasteiger partial charge in [-0.3, -0.25) is 0 Å². The highest BCUT2D eigenvalue weighted by atomic mass is 35.5. The number of aryl methyl sites for hydroxylation is 2. The highest BCUT2D eigenvalue weighted by Crippen LogP contribution is 2.29. The predicted octanol–water partition coefficient (Wildman–Crippen LogP) is 4.47. The first-order chi connectivity index (χ1) is 10.6. The second kappa shape index (κ2) is 6.15. The summed E-state index contributed by atoms with van der Waals surface area (Å²) in [6.45, 7) is 5.71. The lowest BCUT2D eigenvalue weighted by Gasteiger charge is -2.11. The molecule has 0 unspecified atom stereocenters. The fourth-order valence-electron chi connectivity index (χ4n) is 2.62. The van der Waals surface area contributed by atoms with E-state index in [-0.39, 0.29) is 0 Å². The summed E-state index contributed by atoms with van der Waals surface area (Å²) in [4.78, 5) is 8.00. The highest BCUT2D eigenvalue weighted by molar-refractivity contribution is 6.35. The van der Waals surface area contributed by atoms with Gasteiger partial charge in [0.2, 0.25) is 0 Å². The Hall–Kier alpha value is -1.78. The molecule has 3 rings (SSSR count). The van der Waals surface area contributed by atoms with Crippen LogP contribution in [0.2, 0.25) is 10.2 Å². The molecule has 0 aliphatic carbocycles. The Bertz CT molecular complexity index is 826. The quantitative estimate of drug-likeness (QED) is 0.716. The van der Waals surface area contributed by atoms with Crippen molar-refractivity contribution >= 4 is 39.9 Å². The van der Waals surface area contributed by atoms with Crippen LogP contribution < -0.4 is 5.32 Å². The lowest BCUT2D eigenvalue weighted by molar-refractivity contribution is 0.733. The largest absolute Gasteiger partial charge is 0.368 e. The van der Waals surface area contributed by atoms with Gasteiger partial charge in [0.05, 0.1) is 10.5 Å². The zero-order valence-electron chi connectivity index (χ0n) is 12.4. The van der Waals surface area contributed by atoms with Crippen molar-refractivity contribution in [2.24, 2.45) is 0 Å². The van der Waals surface area contributed by atoms with Crippen molar-refractivity contribution in [1.29, 1.82) is 0 Å². The van der Waals surface area contributed by atoms with Crippen molar-refractivity contribution < 1.29 is 0 Å². The summed E-state index contributed by atoms with van der Waals surface area (Å²) in [5.41, 5.74) is 3.51. The van der Waals surface area contributed by atoms with E-state index < -0.39 is 0 Å². The molecule has 2 heterocycles. The Labute approximate surface area is 139 Å². The number of nitrogens with zero attached hydrogens (tertiary/aromatic N) is 3. The highest BCUT2D eigenvalue weighted by Gasteiger charge is 2.10. The van der Waals surface area contributed by atoms with Crippen LogP contribution in [0.1, 0.15) is 11.3 Å². The van der Waals surface area contributed by atoms with Crippen molar-refractivity contribution in [1.82, 2.24) is 14.5 Å². The molecule has 0 bridgehead atoms. The van der Waals surface area contributed by atoms with Crippen LogP contribution in [-0.4, -0.2) is 21.1 Å². The molecule has 4 nitrogen and oxygen atoms in total. The van der Waals surface area contributed by atoms with Gasteiger partial charge >= 0.3 is 0 Å². The molecule has 0 radical (unpaired) electrons. The molecule has 0 saturated carbocycles. The summed E-state index contributed by atoms with van der Waals surface area (Å²) in [5.74, 6) is 0.719. The summed E-state index contributed by atoms with van der Waals surface area (Å²) in [6, 6.07) is 7.89. The van der Waals surface area contributed by atoms with Crippen molar-refractivity contribution in [3.05, 3.63) is 52.0 Å². The molecule has 0 aliphatic heterocycles. The Morgan fingerprint density at radius 3 is 2.73 bits per heavy atom. The second-order valence-electron chi connectivity index (χ2n) is 5.22. The van der Waals surface area contributed by atoms with E-state index in [0.29, 0.717) is 5.15 Å². The normalized spacial score (nSPS) is 11.1. The molecule has 0 atom stereocenters. The molecule has 0 spiro atoms. The summed E-state index contributed by atoms with van der Waals surface area (Å²) in [5, 5.41) is 5.66. The van der Waals surface area contributed by atoms with Crippen molar-refractivity contribution in [2.45, 2.75) is 20.4 Å². The summed E-state index contributed by atoms with van der Waals surface area (Å²) in [6.07, 6.45) is 1.45. The molecular weight excluding hydrogens is 319 g/mol.